The van der Waals surface area contributed by atoms with Crippen LogP contribution in [0.2, 0.25) is 0 Å². The molecule has 6 heteroatoms. The Bertz CT molecular complexity index is 804. The first-order valence-electron chi connectivity index (χ1n) is 8.32. The molecule has 0 fully saturated rings. The summed E-state index contributed by atoms with van der Waals surface area (Å²) in [5, 5.41) is 2.90. The van der Waals surface area contributed by atoms with Crippen molar-refractivity contribution in [1.82, 2.24) is 10.3 Å². The number of methoxy groups -OCH3 is 1. The van der Waals surface area contributed by atoms with Gasteiger partial charge in [-0.25, -0.2) is 4.98 Å². The zero-order chi connectivity index (χ0) is 17.8. The van der Waals surface area contributed by atoms with E-state index in [1.54, 1.807) is 30.3 Å². The number of nitrogens with one attached hydrogen (secondary N) is 1. The Kier molecular flexibility index (Phi) is 4.97. The van der Waals surface area contributed by atoms with Gasteiger partial charge in [-0.15, -0.1) is 0 Å². The van der Waals surface area contributed by atoms with Crippen LogP contribution in [0.25, 0.3) is 0 Å². The second-order valence-corrected chi connectivity index (χ2v) is 5.88. The molecule has 1 aromatic carbocycles. The standard InChI is InChI=1S/C19H21N3O3/c1-3-18(23)22-9-7-14-11-15(4-5-16(14)22)19(24)21-12-13-6-8-20-17(10-13)25-2/h4-6,8,10-11H,3,7,9,12H2,1-2H3,(H,21,24). The summed E-state index contributed by atoms with van der Waals surface area (Å²) in [6, 6.07) is 9.13. The van der Waals surface area contributed by atoms with Crippen molar-refractivity contribution in [2.24, 2.45) is 0 Å². The second kappa shape index (κ2) is 7.34. The lowest BCUT2D eigenvalue weighted by molar-refractivity contribution is -0.118. The molecule has 2 amide bonds. The van der Waals surface area contributed by atoms with Crippen LogP contribution in [0.15, 0.2) is 36.5 Å². The molecular formula is C19H21N3O3. The van der Waals surface area contributed by atoms with Gasteiger partial charge in [0.05, 0.1) is 7.11 Å². The molecule has 6 nitrogen and oxygen atoms in total. The van der Waals surface area contributed by atoms with E-state index in [1.807, 2.05) is 25.1 Å². The fraction of sp³-hybridized carbons (Fsp3) is 0.316. The zero-order valence-electron chi connectivity index (χ0n) is 14.4. The van der Waals surface area contributed by atoms with Crippen LogP contribution in [0.3, 0.4) is 0 Å². The van der Waals surface area contributed by atoms with Crippen LogP contribution >= 0.6 is 0 Å². The van der Waals surface area contributed by atoms with E-state index in [-0.39, 0.29) is 11.8 Å². The second-order valence-electron chi connectivity index (χ2n) is 5.88. The van der Waals surface area contributed by atoms with E-state index in [4.69, 9.17) is 4.74 Å². The third-order valence-corrected chi connectivity index (χ3v) is 4.30. The predicted octanol–water partition coefficient (Wildman–Crippen LogP) is 2.32. The fourth-order valence-electron chi connectivity index (χ4n) is 2.95. The summed E-state index contributed by atoms with van der Waals surface area (Å²) in [6.07, 6.45) is 2.91. The van der Waals surface area contributed by atoms with Gasteiger partial charge in [0, 0.05) is 43.0 Å². The van der Waals surface area contributed by atoms with Crippen molar-refractivity contribution in [1.29, 1.82) is 0 Å². The molecule has 1 N–H and O–H groups in total. The lowest BCUT2D eigenvalue weighted by Gasteiger charge is -2.16. The van der Waals surface area contributed by atoms with Gasteiger partial charge in [-0.1, -0.05) is 6.92 Å². The molecule has 0 bridgehead atoms. The predicted molar refractivity (Wildman–Crippen MR) is 94.7 cm³/mol. The number of pyridine rings is 1. The summed E-state index contributed by atoms with van der Waals surface area (Å²) in [6.45, 7) is 2.94. The van der Waals surface area contributed by atoms with Crippen molar-refractivity contribution in [3.05, 3.63) is 53.2 Å². The van der Waals surface area contributed by atoms with E-state index in [2.05, 4.69) is 10.3 Å². The fourth-order valence-corrected chi connectivity index (χ4v) is 2.95. The average molecular weight is 339 g/mol. The quantitative estimate of drug-likeness (QED) is 0.907. The number of nitrogens with zero attached hydrogens (tertiary/aromatic N) is 2. The number of amides is 2. The number of aromatic nitrogens is 1. The van der Waals surface area contributed by atoms with Crippen molar-refractivity contribution in [3.63, 3.8) is 0 Å². The van der Waals surface area contributed by atoms with Crippen LogP contribution in [-0.4, -0.2) is 30.5 Å². The first-order chi connectivity index (χ1) is 12.1. The number of ether oxygens (including phenoxy) is 1. The maximum Gasteiger partial charge on any atom is 0.251 e. The maximum absolute atomic E-state index is 12.4. The van der Waals surface area contributed by atoms with Crippen LogP contribution in [0, 0.1) is 0 Å². The molecule has 3 rings (SSSR count). The Hall–Kier alpha value is -2.89. The lowest BCUT2D eigenvalue weighted by atomic mass is 10.1. The third kappa shape index (κ3) is 3.63. The van der Waals surface area contributed by atoms with Gasteiger partial charge in [0.1, 0.15) is 0 Å². The highest BCUT2D eigenvalue weighted by Gasteiger charge is 2.24. The minimum Gasteiger partial charge on any atom is -0.481 e. The highest BCUT2D eigenvalue weighted by atomic mass is 16.5. The summed E-state index contributed by atoms with van der Waals surface area (Å²) in [5.41, 5.74) is 3.48. The van der Waals surface area contributed by atoms with Crippen LogP contribution in [0.5, 0.6) is 5.88 Å². The molecule has 2 heterocycles. The molecule has 1 aromatic heterocycles. The minimum atomic E-state index is -0.140. The zero-order valence-corrected chi connectivity index (χ0v) is 14.4. The summed E-state index contributed by atoms with van der Waals surface area (Å²) in [7, 11) is 1.56. The number of anilines is 1. The smallest absolute Gasteiger partial charge is 0.251 e. The number of hydrogen-bond acceptors (Lipinski definition) is 4. The van der Waals surface area contributed by atoms with Crippen molar-refractivity contribution >= 4 is 17.5 Å². The van der Waals surface area contributed by atoms with E-state index in [1.165, 1.54) is 0 Å². The summed E-state index contributed by atoms with van der Waals surface area (Å²) in [4.78, 5) is 30.2. The van der Waals surface area contributed by atoms with E-state index < -0.39 is 0 Å². The van der Waals surface area contributed by atoms with Gasteiger partial charge in [-0.3, -0.25) is 9.59 Å². The highest BCUT2D eigenvalue weighted by Crippen LogP contribution is 2.29. The molecular weight excluding hydrogens is 318 g/mol. The molecule has 0 saturated heterocycles. The van der Waals surface area contributed by atoms with Crippen LogP contribution < -0.4 is 15.0 Å². The molecule has 0 radical (unpaired) electrons. The summed E-state index contributed by atoms with van der Waals surface area (Å²) >= 11 is 0. The number of hydrogen-bond donors (Lipinski definition) is 1. The molecule has 2 aromatic rings. The maximum atomic E-state index is 12.4. The molecule has 1 aliphatic heterocycles. The van der Waals surface area contributed by atoms with Crippen LogP contribution in [0.4, 0.5) is 5.69 Å². The monoisotopic (exact) mass is 339 g/mol. The largest absolute Gasteiger partial charge is 0.481 e. The number of carbonyl (C=O) groups excluding carboxylic acids is 2. The van der Waals surface area contributed by atoms with Gasteiger partial charge < -0.3 is 15.0 Å². The average Bonchev–Trinajstić information content (AvgIpc) is 3.08. The van der Waals surface area contributed by atoms with Crippen molar-refractivity contribution < 1.29 is 14.3 Å². The van der Waals surface area contributed by atoms with Crippen LogP contribution in [0.1, 0.15) is 34.8 Å². The Morgan fingerprint density at radius 3 is 2.88 bits per heavy atom. The molecule has 0 spiro atoms. The van der Waals surface area contributed by atoms with Gasteiger partial charge in [0.15, 0.2) is 0 Å². The number of fused-ring (bicyclic) bond motifs is 1. The molecule has 1 aliphatic rings. The first-order valence-corrected chi connectivity index (χ1v) is 8.32. The number of carbonyl (C=O) groups is 2. The molecule has 25 heavy (non-hydrogen) atoms. The molecule has 0 saturated carbocycles. The minimum absolute atomic E-state index is 0.114. The van der Waals surface area contributed by atoms with Gasteiger partial charge >= 0.3 is 0 Å². The summed E-state index contributed by atoms with van der Waals surface area (Å²) in [5.74, 6) is 0.492. The third-order valence-electron chi connectivity index (χ3n) is 4.30. The van der Waals surface area contributed by atoms with Crippen LogP contribution in [-0.2, 0) is 17.8 Å². The molecule has 130 valence electrons. The van der Waals surface area contributed by atoms with Crippen molar-refractivity contribution in [3.8, 4) is 5.88 Å². The van der Waals surface area contributed by atoms with Gasteiger partial charge in [0.2, 0.25) is 11.8 Å². The SMILES string of the molecule is CCC(=O)N1CCc2cc(C(=O)NCc3ccnc(OC)c3)ccc21. The Morgan fingerprint density at radius 1 is 1.28 bits per heavy atom. The normalized spacial score (nSPS) is 12.6. The lowest BCUT2D eigenvalue weighted by Crippen LogP contribution is -2.27. The Labute approximate surface area is 146 Å². The van der Waals surface area contributed by atoms with Gasteiger partial charge in [-0.05, 0) is 41.8 Å². The highest BCUT2D eigenvalue weighted by molar-refractivity contribution is 5.98. The number of benzene rings is 1. The number of rotatable bonds is 5. The molecule has 0 aliphatic carbocycles. The topological polar surface area (TPSA) is 71.5 Å². The van der Waals surface area contributed by atoms with Crippen molar-refractivity contribution in [2.45, 2.75) is 26.3 Å². The molecule has 0 unspecified atom stereocenters. The van der Waals surface area contributed by atoms with E-state index in [9.17, 15) is 9.59 Å². The summed E-state index contributed by atoms with van der Waals surface area (Å²) < 4.78 is 5.08. The first kappa shape index (κ1) is 17.0. The molecule has 0 atom stereocenters. The van der Waals surface area contributed by atoms with E-state index >= 15 is 0 Å². The van der Waals surface area contributed by atoms with Crippen molar-refractivity contribution in [2.75, 3.05) is 18.6 Å². The van der Waals surface area contributed by atoms with Gasteiger partial charge in [-0.2, -0.15) is 0 Å². The Balaban J connectivity index is 1.68. The van der Waals surface area contributed by atoms with E-state index in [0.717, 1.165) is 23.2 Å². The van der Waals surface area contributed by atoms with Gasteiger partial charge in [0.25, 0.3) is 5.91 Å². The van der Waals surface area contributed by atoms with E-state index in [0.29, 0.717) is 31.0 Å². The Morgan fingerprint density at radius 2 is 2.12 bits per heavy atom.